The third kappa shape index (κ3) is 3.91. The van der Waals surface area contributed by atoms with Gasteiger partial charge in [0.25, 0.3) is 0 Å². The van der Waals surface area contributed by atoms with E-state index in [4.69, 9.17) is 0 Å². The second-order valence-corrected chi connectivity index (χ2v) is 9.75. The van der Waals surface area contributed by atoms with Crippen LogP contribution in [0.3, 0.4) is 0 Å². The van der Waals surface area contributed by atoms with E-state index >= 15 is 0 Å². The van der Waals surface area contributed by atoms with Crippen molar-refractivity contribution in [1.29, 1.82) is 0 Å². The highest BCUT2D eigenvalue weighted by Crippen LogP contribution is 2.39. The van der Waals surface area contributed by atoms with Gasteiger partial charge in [-0.3, -0.25) is 9.80 Å². The molecule has 2 aliphatic rings. The predicted molar refractivity (Wildman–Crippen MR) is 120 cm³/mol. The molecule has 0 amide bonds. The molecule has 0 N–H and O–H groups in total. The Kier molecular flexibility index (Phi) is 6.08. The fourth-order valence-electron chi connectivity index (χ4n) is 4.92. The van der Waals surface area contributed by atoms with Gasteiger partial charge in [-0.15, -0.1) is 0 Å². The first-order valence-corrected chi connectivity index (χ1v) is 11.6. The van der Waals surface area contributed by atoms with E-state index in [0.717, 1.165) is 25.9 Å². The third-order valence-electron chi connectivity index (χ3n) is 6.48. The molecule has 2 unspecified atom stereocenters. The summed E-state index contributed by atoms with van der Waals surface area (Å²) in [5, 5.41) is 0. The average molecular weight is 492 g/mol. The van der Waals surface area contributed by atoms with Crippen molar-refractivity contribution in [3.05, 3.63) is 67.6 Å². The van der Waals surface area contributed by atoms with Crippen LogP contribution >= 0.6 is 31.9 Å². The molecule has 0 saturated carbocycles. The Bertz CT molecular complexity index is 753. The van der Waals surface area contributed by atoms with Crippen LogP contribution in [0.1, 0.15) is 53.6 Å². The minimum absolute atomic E-state index is 0.544. The fraction of sp³-hybridized carbons (Fsp3) is 0.478. The highest BCUT2D eigenvalue weighted by molar-refractivity contribution is 9.10. The zero-order chi connectivity index (χ0) is 19.0. The lowest BCUT2D eigenvalue weighted by molar-refractivity contribution is 0.189. The highest BCUT2D eigenvalue weighted by Gasteiger charge is 2.28. The number of likely N-dealkylation sites (N-methyl/N-ethyl adjacent to an activating group) is 2. The topological polar surface area (TPSA) is 6.48 Å². The predicted octanol–water partition coefficient (Wildman–Crippen LogP) is 6.14. The summed E-state index contributed by atoms with van der Waals surface area (Å²) in [4.78, 5) is 5.09. The largest absolute Gasteiger partial charge is 0.299 e. The van der Waals surface area contributed by atoms with Gasteiger partial charge in [0, 0.05) is 34.1 Å². The van der Waals surface area contributed by atoms with Crippen molar-refractivity contribution in [2.75, 3.05) is 27.2 Å². The van der Waals surface area contributed by atoms with Gasteiger partial charge in [-0.25, -0.2) is 0 Å². The Morgan fingerprint density at radius 3 is 1.67 bits per heavy atom. The molecular formula is C23H28Br2N2. The molecule has 0 fully saturated rings. The molecule has 0 aliphatic carbocycles. The second-order valence-electron chi connectivity index (χ2n) is 8.04. The maximum absolute atomic E-state index is 3.76. The maximum atomic E-state index is 3.76. The summed E-state index contributed by atoms with van der Waals surface area (Å²) < 4.78 is 2.56. The lowest BCUT2D eigenvalue weighted by Crippen LogP contribution is -2.34. The Morgan fingerprint density at radius 1 is 0.778 bits per heavy atom. The van der Waals surface area contributed by atoms with Gasteiger partial charge >= 0.3 is 0 Å². The van der Waals surface area contributed by atoms with Crippen molar-refractivity contribution in [1.82, 2.24) is 9.80 Å². The maximum Gasteiger partial charge on any atom is 0.0348 e. The van der Waals surface area contributed by atoms with E-state index in [1.165, 1.54) is 50.5 Å². The highest BCUT2D eigenvalue weighted by atomic mass is 79.9. The van der Waals surface area contributed by atoms with Crippen molar-refractivity contribution < 1.29 is 0 Å². The van der Waals surface area contributed by atoms with Crippen molar-refractivity contribution in [3.63, 3.8) is 0 Å². The molecule has 2 aromatic rings. The number of fused-ring (bicyclic) bond motifs is 2. The van der Waals surface area contributed by atoms with Gasteiger partial charge in [-0.05, 0) is 80.6 Å². The zero-order valence-electron chi connectivity index (χ0n) is 16.2. The van der Waals surface area contributed by atoms with Gasteiger partial charge in [0.1, 0.15) is 0 Å². The van der Waals surface area contributed by atoms with Gasteiger partial charge in [-0.1, -0.05) is 56.1 Å². The molecule has 0 aromatic heterocycles. The Hall–Kier alpha value is -0.680. The molecule has 4 rings (SSSR count). The first kappa shape index (κ1) is 19.6. The summed E-state index contributed by atoms with van der Waals surface area (Å²) in [7, 11) is 4.57. The van der Waals surface area contributed by atoms with E-state index < -0.39 is 0 Å². The van der Waals surface area contributed by atoms with Crippen LogP contribution < -0.4 is 0 Å². The van der Waals surface area contributed by atoms with Gasteiger partial charge in [0.2, 0.25) is 0 Å². The summed E-state index contributed by atoms with van der Waals surface area (Å²) in [6.45, 7) is 2.30. The van der Waals surface area contributed by atoms with Gasteiger partial charge in [-0.2, -0.15) is 0 Å². The van der Waals surface area contributed by atoms with Crippen molar-refractivity contribution in [2.45, 2.75) is 44.2 Å². The summed E-state index contributed by atoms with van der Waals surface area (Å²) in [5.74, 6) is 0. The van der Waals surface area contributed by atoms with E-state index in [-0.39, 0.29) is 0 Å². The number of rotatable bonds is 4. The molecule has 2 heterocycles. The molecule has 0 saturated heterocycles. The van der Waals surface area contributed by atoms with Crippen molar-refractivity contribution in [3.8, 4) is 0 Å². The van der Waals surface area contributed by atoms with Crippen molar-refractivity contribution >= 4 is 31.9 Å². The van der Waals surface area contributed by atoms with E-state index in [9.17, 15) is 0 Å². The monoisotopic (exact) mass is 490 g/mol. The Balaban J connectivity index is 1.48. The number of nitrogens with zero attached hydrogens (tertiary/aromatic N) is 2. The molecule has 0 bridgehead atoms. The lowest BCUT2D eigenvalue weighted by atomic mass is 9.87. The van der Waals surface area contributed by atoms with Crippen LogP contribution in [0.4, 0.5) is 0 Å². The number of hydrogen-bond acceptors (Lipinski definition) is 2. The van der Waals surface area contributed by atoms with Crippen LogP contribution in [0.2, 0.25) is 0 Å². The molecule has 144 valence electrons. The lowest BCUT2D eigenvalue weighted by Gasteiger charge is -2.37. The first-order chi connectivity index (χ1) is 13.1. The van der Waals surface area contributed by atoms with E-state index in [1.807, 2.05) is 0 Å². The van der Waals surface area contributed by atoms with Crippen LogP contribution in [0.5, 0.6) is 0 Å². The van der Waals surface area contributed by atoms with Crippen LogP contribution in [0.15, 0.2) is 45.3 Å². The second kappa shape index (κ2) is 8.36. The minimum atomic E-state index is 0.544. The Labute approximate surface area is 180 Å². The number of benzene rings is 2. The van der Waals surface area contributed by atoms with E-state index in [2.05, 4.69) is 92.2 Å². The first-order valence-electron chi connectivity index (χ1n) is 10.0. The molecule has 2 aromatic carbocycles. The molecule has 4 heteroatoms. The molecule has 0 radical (unpaired) electrons. The van der Waals surface area contributed by atoms with E-state index in [1.54, 1.807) is 0 Å². The van der Waals surface area contributed by atoms with Crippen LogP contribution in [-0.2, 0) is 12.8 Å². The standard InChI is InChI=1S/C23H28Br2N2/c1-26-14-12-16-18(6-3-8-20(16)24)22(26)10-5-11-23-19-7-4-9-21(25)17(19)13-15-27(23)2/h3-4,6-9,22-23H,5,10-15H2,1-2H3. The average Bonchev–Trinajstić information content (AvgIpc) is 2.65. The van der Waals surface area contributed by atoms with Crippen LogP contribution in [-0.4, -0.2) is 37.0 Å². The summed E-state index contributed by atoms with van der Waals surface area (Å²) >= 11 is 7.53. The molecule has 0 spiro atoms. The summed E-state index contributed by atoms with van der Waals surface area (Å²) in [6.07, 6.45) is 6.01. The number of hydrogen-bond donors (Lipinski definition) is 0. The minimum Gasteiger partial charge on any atom is -0.299 e. The third-order valence-corrected chi connectivity index (χ3v) is 7.96. The fourth-order valence-corrected chi connectivity index (χ4v) is 6.08. The van der Waals surface area contributed by atoms with Crippen molar-refractivity contribution in [2.24, 2.45) is 0 Å². The zero-order valence-corrected chi connectivity index (χ0v) is 19.4. The van der Waals surface area contributed by atoms with Gasteiger partial charge < -0.3 is 0 Å². The summed E-state index contributed by atoms with van der Waals surface area (Å²) in [5.41, 5.74) is 6.09. The molecule has 2 nitrogen and oxygen atoms in total. The molecular weight excluding hydrogens is 464 g/mol. The normalized spacial score (nSPS) is 23.1. The Morgan fingerprint density at radius 2 is 1.22 bits per heavy atom. The van der Waals surface area contributed by atoms with Gasteiger partial charge in [0.05, 0.1) is 0 Å². The SMILES string of the molecule is CN1CCc2c(Br)cccc2C1CCCC1c2cccc(Br)c2CCN1C. The molecule has 2 atom stereocenters. The van der Waals surface area contributed by atoms with Crippen LogP contribution in [0.25, 0.3) is 0 Å². The number of halogens is 2. The molecule has 27 heavy (non-hydrogen) atoms. The molecule has 2 aliphatic heterocycles. The smallest absolute Gasteiger partial charge is 0.0348 e. The van der Waals surface area contributed by atoms with E-state index in [0.29, 0.717) is 12.1 Å². The van der Waals surface area contributed by atoms with Gasteiger partial charge in [0.15, 0.2) is 0 Å². The quantitative estimate of drug-likeness (QED) is 0.506. The summed E-state index contributed by atoms with van der Waals surface area (Å²) in [6, 6.07) is 14.5. The van der Waals surface area contributed by atoms with Crippen LogP contribution in [0, 0.1) is 0 Å².